The van der Waals surface area contributed by atoms with Gasteiger partial charge in [-0.3, -0.25) is 9.20 Å². The van der Waals surface area contributed by atoms with Crippen LogP contribution < -0.4 is 5.32 Å². The van der Waals surface area contributed by atoms with Crippen LogP contribution >= 0.6 is 0 Å². The smallest absolute Gasteiger partial charge is 0.272 e. The van der Waals surface area contributed by atoms with E-state index in [2.05, 4.69) is 29.1 Å². The van der Waals surface area contributed by atoms with Crippen LogP contribution in [0, 0.1) is 0 Å². The molecule has 0 aliphatic heterocycles. The summed E-state index contributed by atoms with van der Waals surface area (Å²) < 4.78 is 8.86. The highest BCUT2D eigenvalue weighted by atomic mass is 16.5. The van der Waals surface area contributed by atoms with Gasteiger partial charge in [0, 0.05) is 32.1 Å². The Balaban J connectivity index is 2.01. The van der Waals surface area contributed by atoms with E-state index < -0.39 is 0 Å². The van der Waals surface area contributed by atoms with Gasteiger partial charge in [0.15, 0.2) is 11.5 Å². The maximum Gasteiger partial charge on any atom is 0.272 e. The third-order valence-corrected chi connectivity index (χ3v) is 3.78. The number of hydrogen-bond acceptors (Lipinski definition) is 4. The van der Waals surface area contributed by atoms with Gasteiger partial charge in [0.25, 0.3) is 5.91 Å². The number of carbonyl (C=O) groups excluding carboxylic acids is 1. The molecular weight excluding hydrogens is 306 g/mol. The zero-order valence-electron chi connectivity index (χ0n) is 14.1. The first-order valence-electron chi connectivity index (χ1n) is 7.90. The van der Waals surface area contributed by atoms with Gasteiger partial charge in [-0.05, 0) is 26.0 Å². The summed E-state index contributed by atoms with van der Waals surface area (Å²) in [5.41, 5.74) is 1.88. The molecule has 0 bridgehead atoms. The highest BCUT2D eigenvalue weighted by Crippen LogP contribution is 2.22. The molecule has 3 aromatic rings. The van der Waals surface area contributed by atoms with E-state index in [0.717, 1.165) is 11.2 Å². The van der Waals surface area contributed by atoms with Crippen molar-refractivity contribution in [1.29, 1.82) is 0 Å². The molecule has 0 saturated heterocycles. The zero-order chi connectivity index (χ0) is 17.1. The molecule has 0 fully saturated rings. The number of fused-ring (bicyclic) bond motifs is 1. The summed E-state index contributed by atoms with van der Waals surface area (Å²) in [6.45, 7) is 5.08. The van der Waals surface area contributed by atoms with Crippen LogP contribution in [0.4, 0.5) is 0 Å². The van der Waals surface area contributed by atoms with Crippen molar-refractivity contribution in [2.45, 2.75) is 19.9 Å². The van der Waals surface area contributed by atoms with Gasteiger partial charge in [-0.25, -0.2) is 9.97 Å². The summed E-state index contributed by atoms with van der Waals surface area (Å²) in [5.74, 6) is 0.437. The molecule has 0 aromatic carbocycles. The largest absolute Gasteiger partial charge is 0.383 e. The minimum atomic E-state index is -0.217. The molecule has 3 aromatic heterocycles. The van der Waals surface area contributed by atoms with Crippen molar-refractivity contribution >= 4 is 11.4 Å². The van der Waals surface area contributed by atoms with Crippen molar-refractivity contribution in [1.82, 2.24) is 24.3 Å². The molecule has 126 valence electrons. The standard InChI is InChI=1S/C17H21N5O2/c1-12(2)21-10-13(19-11-21)16-20-15(17(23)18-7-9-24-3)14-6-4-5-8-22(14)16/h4-6,8,10-12H,7,9H2,1-3H3,(H,18,23). The number of methoxy groups -OCH3 is 1. The maximum absolute atomic E-state index is 12.4. The monoisotopic (exact) mass is 327 g/mol. The predicted octanol–water partition coefficient (Wildman–Crippen LogP) is 2.15. The fourth-order valence-electron chi connectivity index (χ4n) is 2.47. The molecule has 0 unspecified atom stereocenters. The van der Waals surface area contributed by atoms with E-state index in [1.54, 1.807) is 13.4 Å². The van der Waals surface area contributed by atoms with Crippen molar-refractivity contribution in [3.8, 4) is 11.5 Å². The van der Waals surface area contributed by atoms with E-state index in [1.165, 1.54) is 0 Å². The van der Waals surface area contributed by atoms with Gasteiger partial charge in [-0.2, -0.15) is 0 Å². The molecule has 3 rings (SSSR count). The Morgan fingerprint density at radius 3 is 2.92 bits per heavy atom. The molecule has 0 atom stereocenters. The quantitative estimate of drug-likeness (QED) is 0.704. The second-order valence-electron chi connectivity index (χ2n) is 5.79. The highest BCUT2D eigenvalue weighted by Gasteiger charge is 2.19. The van der Waals surface area contributed by atoms with E-state index in [1.807, 2.05) is 39.6 Å². The number of nitrogens with one attached hydrogen (secondary N) is 1. The molecule has 0 saturated carbocycles. The summed E-state index contributed by atoms with van der Waals surface area (Å²) in [6, 6.07) is 5.99. The molecule has 0 aliphatic rings. The maximum atomic E-state index is 12.4. The molecule has 1 amide bonds. The van der Waals surface area contributed by atoms with Gasteiger partial charge in [0.05, 0.1) is 18.5 Å². The minimum Gasteiger partial charge on any atom is -0.383 e. The summed E-state index contributed by atoms with van der Waals surface area (Å²) in [7, 11) is 1.60. The van der Waals surface area contributed by atoms with Crippen LogP contribution in [0.2, 0.25) is 0 Å². The number of hydrogen-bond donors (Lipinski definition) is 1. The lowest BCUT2D eigenvalue weighted by Crippen LogP contribution is -2.27. The van der Waals surface area contributed by atoms with Crippen LogP contribution in [-0.4, -0.2) is 45.1 Å². The number of ether oxygens (including phenoxy) is 1. The first kappa shape index (κ1) is 16.2. The third-order valence-electron chi connectivity index (χ3n) is 3.78. The van der Waals surface area contributed by atoms with Crippen molar-refractivity contribution in [3.63, 3.8) is 0 Å². The fraction of sp³-hybridized carbons (Fsp3) is 0.353. The molecule has 7 heteroatoms. The minimum absolute atomic E-state index is 0.217. The number of imidazole rings is 2. The number of carbonyl (C=O) groups is 1. The van der Waals surface area contributed by atoms with Crippen LogP contribution in [0.25, 0.3) is 17.0 Å². The SMILES string of the molecule is COCCNC(=O)c1nc(-c2cn(C(C)C)cn2)n2ccccc12. The lowest BCUT2D eigenvalue weighted by atomic mass is 10.3. The van der Waals surface area contributed by atoms with E-state index in [9.17, 15) is 4.79 Å². The molecule has 24 heavy (non-hydrogen) atoms. The Labute approximate surface area is 140 Å². The average molecular weight is 327 g/mol. The number of aromatic nitrogens is 4. The van der Waals surface area contributed by atoms with Crippen LogP contribution in [0.5, 0.6) is 0 Å². The van der Waals surface area contributed by atoms with Crippen molar-refractivity contribution in [2.24, 2.45) is 0 Å². The summed E-state index contributed by atoms with van der Waals surface area (Å²) >= 11 is 0. The van der Waals surface area contributed by atoms with Gasteiger partial charge < -0.3 is 14.6 Å². The molecule has 1 N–H and O–H groups in total. The average Bonchev–Trinajstić information content (AvgIpc) is 3.19. The molecule has 0 radical (unpaired) electrons. The second-order valence-corrected chi connectivity index (χ2v) is 5.79. The van der Waals surface area contributed by atoms with Crippen molar-refractivity contribution in [2.75, 3.05) is 20.3 Å². The summed E-state index contributed by atoms with van der Waals surface area (Å²) in [6.07, 6.45) is 5.61. The van der Waals surface area contributed by atoms with Crippen LogP contribution in [-0.2, 0) is 4.74 Å². The first-order valence-corrected chi connectivity index (χ1v) is 7.90. The Morgan fingerprint density at radius 2 is 2.21 bits per heavy atom. The Hall–Kier alpha value is -2.67. The van der Waals surface area contributed by atoms with Gasteiger partial charge in [-0.1, -0.05) is 6.07 Å². The molecule has 7 nitrogen and oxygen atoms in total. The number of pyridine rings is 1. The summed E-state index contributed by atoms with van der Waals surface area (Å²) in [4.78, 5) is 21.4. The van der Waals surface area contributed by atoms with Crippen molar-refractivity contribution < 1.29 is 9.53 Å². The third kappa shape index (κ3) is 3.03. The number of amides is 1. The molecule has 0 aliphatic carbocycles. The number of rotatable bonds is 6. The summed E-state index contributed by atoms with van der Waals surface area (Å²) in [5, 5.41) is 2.81. The van der Waals surface area contributed by atoms with Crippen LogP contribution in [0.15, 0.2) is 36.9 Å². The Bertz CT molecular complexity index is 850. The second kappa shape index (κ2) is 6.84. The van der Waals surface area contributed by atoms with Crippen LogP contribution in [0.1, 0.15) is 30.4 Å². The predicted molar refractivity (Wildman–Crippen MR) is 91.0 cm³/mol. The lowest BCUT2D eigenvalue weighted by Gasteiger charge is -2.03. The Kier molecular flexibility index (Phi) is 4.61. The van der Waals surface area contributed by atoms with Crippen molar-refractivity contribution in [3.05, 3.63) is 42.6 Å². The highest BCUT2D eigenvalue weighted by molar-refractivity contribution is 5.99. The lowest BCUT2D eigenvalue weighted by molar-refractivity contribution is 0.0934. The van der Waals surface area contributed by atoms with E-state index in [4.69, 9.17) is 4.74 Å². The molecule has 0 spiro atoms. The molecular formula is C17H21N5O2. The number of nitrogens with zero attached hydrogens (tertiary/aromatic N) is 4. The normalized spacial score (nSPS) is 11.3. The van der Waals surface area contributed by atoms with Gasteiger partial charge in [0.2, 0.25) is 0 Å². The first-order chi connectivity index (χ1) is 11.6. The Morgan fingerprint density at radius 1 is 1.38 bits per heavy atom. The van der Waals surface area contributed by atoms with Crippen LogP contribution in [0.3, 0.4) is 0 Å². The van der Waals surface area contributed by atoms with Gasteiger partial charge in [0.1, 0.15) is 5.69 Å². The zero-order valence-corrected chi connectivity index (χ0v) is 14.1. The fourth-order valence-corrected chi connectivity index (χ4v) is 2.47. The topological polar surface area (TPSA) is 73.4 Å². The van der Waals surface area contributed by atoms with Gasteiger partial charge in [-0.15, -0.1) is 0 Å². The van der Waals surface area contributed by atoms with E-state index in [0.29, 0.717) is 30.7 Å². The molecule has 3 heterocycles. The van der Waals surface area contributed by atoms with E-state index in [-0.39, 0.29) is 5.91 Å². The van der Waals surface area contributed by atoms with E-state index >= 15 is 0 Å². The van der Waals surface area contributed by atoms with Gasteiger partial charge >= 0.3 is 0 Å².